The number of anilines is 1. The van der Waals surface area contributed by atoms with Crippen molar-refractivity contribution in [2.75, 3.05) is 39.9 Å². The number of hydrogen-bond donors (Lipinski definition) is 1. The number of nitrogens with one attached hydrogen (secondary N) is 1. The Labute approximate surface area is 157 Å². The highest BCUT2D eigenvalue weighted by Crippen LogP contribution is 2.52. The zero-order valence-electron chi connectivity index (χ0n) is 15.6. The predicted octanol–water partition coefficient (Wildman–Crippen LogP) is 2.98. The molecule has 142 valence electrons. The van der Waals surface area contributed by atoms with Crippen molar-refractivity contribution in [2.24, 2.45) is 0 Å². The van der Waals surface area contributed by atoms with Crippen LogP contribution < -0.4 is 14.8 Å². The zero-order chi connectivity index (χ0) is 19.0. The van der Waals surface area contributed by atoms with Crippen LogP contribution in [-0.4, -0.2) is 45.5 Å². The molecule has 1 aromatic heterocycles. The molecule has 1 saturated heterocycles. The van der Waals surface area contributed by atoms with Crippen molar-refractivity contribution in [1.29, 1.82) is 0 Å². The Morgan fingerprint density at radius 3 is 2.56 bits per heavy atom. The Kier molecular flexibility index (Phi) is 4.39. The summed E-state index contributed by atoms with van der Waals surface area (Å²) in [5, 5.41) is 3.60. The molecule has 0 bridgehead atoms. The maximum Gasteiger partial charge on any atom is 0.339 e. The van der Waals surface area contributed by atoms with Gasteiger partial charge < -0.3 is 24.3 Å². The Hall–Kier alpha value is -2.80. The molecule has 0 saturated carbocycles. The summed E-state index contributed by atoms with van der Waals surface area (Å²) >= 11 is 0. The molecular weight excluding hydrogens is 348 g/mol. The number of carbonyl (C=O) groups excluding carboxylic acids is 1. The smallest absolute Gasteiger partial charge is 0.339 e. The molecule has 0 unspecified atom stereocenters. The summed E-state index contributed by atoms with van der Waals surface area (Å²) in [6.07, 6.45) is 3.12. The van der Waals surface area contributed by atoms with Gasteiger partial charge in [-0.2, -0.15) is 0 Å². The lowest BCUT2D eigenvalue weighted by Crippen LogP contribution is -2.43. The van der Waals surface area contributed by atoms with Crippen LogP contribution in [0.4, 0.5) is 5.82 Å². The molecule has 0 atom stereocenters. The van der Waals surface area contributed by atoms with Crippen molar-refractivity contribution < 1.29 is 23.7 Å². The monoisotopic (exact) mass is 370 g/mol. The van der Waals surface area contributed by atoms with Gasteiger partial charge >= 0.3 is 5.97 Å². The van der Waals surface area contributed by atoms with Crippen LogP contribution in [0.5, 0.6) is 11.5 Å². The Morgan fingerprint density at radius 1 is 1.11 bits per heavy atom. The number of carbonyl (C=O) groups is 1. The van der Waals surface area contributed by atoms with Gasteiger partial charge in [0.2, 0.25) is 0 Å². The molecule has 0 amide bonds. The first-order valence-electron chi connectivity index (χ1n) is 8.83. The van der Waals surface area contributed by atoms with Gasteiger partial charge in [0, 0.05) is 36.6 Å². The van der Waals surface area contributed by atoms with E-state index in [1.807, 2.05) is 12.1 Å². The van der Waals surface area contributed by atoms with Crippen LogP contribution in [0.15, 0.2) is 24.4 Å². The number of pyridine rings is 1. The fourth-order valence-corrected chi connectivity index (χ4v) is 3.96. The molecule has 0 radical (unpaired) electrons. The van der Waals surface area contributed by atoms with E-state index < -0.39 is 5.97 Å². The van der Waals surface area contributed by atoms with E-state index in [-0.39, 0.29) is 5.54 Å². The fourth-order valence-electron chi connectivity index (χ4n) is 3.96. The number of fused-ring (bicyclic) bond motifs is 4. The van der Waals surface area contributed by atoms with Crippen molar-refractivity contribution in [3.05, 3.63) is 35.5 Å². The normalized spacial score (nSPS) is 16.7. The van der Waals surface area contributed by atoms with E-state index in [2.05, 4.69) is 10.3 Å². The maximum atomic E-state index is 12.0. The van der Waals surface area contributed by atoms with E-state index in [9.17, 15) is 4.79 Å². The van der Waals surface area contributed by atoms with Gasteiger partial charge in [0.15, 0.2) is 0 Å². The third-order valence-corrected chi connectivity index (χ3v) is 5.31. The molecule has 7 heteroatoms. The molecule has 0 aliphatic carbocycles. The molecular formula is C20H22N2O5. The first-order valence-corrected chi connectivity index (χ1v) is 8.83. The summed E-state index contributed by atoms with van der Waals surface area (Å²) in [5.41, 5.74) is 2.87. The van der Waals surface area contributed by atoms with Gasteiger partial charge in [-0.25, -0.2) is 9.78 Å². The summed E-state index contributed by atoms with van der Waals surface area (Å²) in [5.74, 6) is 1.73. The van der Waals surface area contributed by atoms with Crippen molar-refractivity contribution in [3.8, 4) is 22.6 Å². The van der Waals surface area contributed by atoms with E-state index in [0.29, 0.717) is 24.5 Å². The number of aromatic nitrogens is 1. The highest BCUT2D eigenvalue weighted by atomic mass is 16.5. The molecule has 2 aliphatic rings. The van der Waals surface area contributed by atoms with Crippen molar-refractivity contribution >= 4 is 11.8 Å². The molecule has 1 spiro atoms. The minimum absolute atomic E-state index is 0.335. The molecule has 2 aromatic rings. The SMILES string of the molecule is COC(=O)c1cnc2c(c1)-c1cc(OC)cc(OC)c1C1(CCOCC1)N2. The standard InChI is InChI=1S/C20H22N2O5/c1-24-13-9-14-15-8-12(19(23)26-3)11-21-18(15)22-20(4-6-27-7-5-20)17(14)16(10-13)25-2/h8-11H,4-7H2,1-3H3,(H,21,22). The summed E-state index contributed by atoms with van der Waals surface area (Å²) in [7, 11) is 4.63. The van der Waals surface area contributed by atoms with Crippen molar-refractivity contribution in [2.45, 2.75) is 18.4 Å². The average molecular weight is 370 g/mol. The number of nitrogens with zero attached hydrogens (tertiary/aromatic N) is 1. The van der Waals surface area contributed by atoms with E-state index >= 15 is 0 Å². The number of rotatable bonds is 3. The topological polar surface area (TPSA) is 78.9 Å². The molecule has 1 fully saturated rings. The van der Waals surface area contributed by atoms with Crippen LogP contribution >= 0.6 is 0 Å². The second-order valence-electron chi connectivity index (χ2n) is 6.68. The third-order valence-electron chi connectivity index (χ3n) is 5.31. The first kappa shape index (κ1) is 17.6. The Bertz CT molecular complexity index is 890. The number of ether oxygens (including phenoxy) is 4. The number of methoxy groups -OCH3 is 3. The number of esters is 1. The van der Waals surface area contributed by atoms with Gasteiger partial charge in [-0.1, -0.05) is 0 Å². The van der Waals surface area contributed by atoms with Gasteiger partial charge in [-0.15, -0.1) is 0 Å². The fraction of sp³-hybridized carbons (Fsp3) is 0.400. The summed E-state index contributed by atoms with van der Waals surface area (Å²) in [4.78, 5) is 16.5. The minimum Gasteiger partial charge on any atom is -0.497 e. The predicted molar refractivity (Wildman–Crippen MR) is 99.5 cm³/mol. The highest BCUT2D eigenvalue weighted by Gasteiger charge is 2.43. The van der Waals surface area contributed by atoms with Crippen molar-refractivity contribution in [1.82, 2.24) is 4.98 Å². The average Bonchev–Trinajstić information content (AvgIpc) is 2.72. The van der Waals surface area contributed by atoms with Crippen LogP contribution in [0.2, 0.25) is 0 Å². The van der Waals surface area contributed by atoms with Crippen LogP contribution in [0.3, 0.4) is 0 Å². The molecule has 1 N–H and O–H groups in total. The van der Waals surface area contributed by atoms with Gasteiger partial charge in [0.25, 0.3) is 0 Å². The highest BCUT2D eigenvalue weighted by molar-refractivity contribution is 5.94. The van der Waals surface area contributed by atoms with Gasteiger partial charge in [-0.05, 0) is 30.5 Å². The van der Waals surface area contributed by atoms with Crippen LogP contribution in [0.1, 0.15) is 28.8 Å². The van der Waals surface area contributed by atoms with E-state index in [0.717, 1.165) is 41.1 Å². The van der Waals surface area contributed by atoms with Crippen LogP contribution in [0, 0.1) is 0 Å². The Balaban J connectivity index is 1.98. The third kappa shape index (κ3) is 2.78. The second kappa shape index (κ2) is 6.74. The molecule has 1 aromatic carbocycles. The summed E-state index contributed by atoms with van der Waals surface area (Å²) < 4.78 is 21.6. The maximum absolute atomic E-state index is 12.0. The summed E-state index contributed by atoms with van der Waals surface area (Å²) in [6.45, 7) is 1.30. The van der Waals surface area contributed by atoms with Gasteiger partial charge in [0.1, 0.15) is 17.3 Å². The molecule has 4 rings (SSSR count). The number of hydrogen-bond acceptors (Lipinski definition) is 7. The minimum atomic E-state index is -0.423. The molecule has 27 heavy (non-hydrogen) atoms. The Morgan fingerprint density at radius 2 is 1.89 bits per heavy atom. The number of benzene rings is 1. The second-order valence-corrected chi connectivity index (χ2v) is 6.68. The first-order chi connectivity index (χ1) is 13.1. The largest absolute Gasteiger partial charge is 0.497 e. The van der Waals surface area contributed by atoms with Gasteiger partial charge in [0.05, 0.1) is 32.4 Å². The van der Waals surface area contributed by atoms with Crippen LogP contribution in [-0.2, 0) is 15.0 Å². The lowest BCUT2D eigenvalue weighted by molar-refractivity contribution is 0.0583. The van der Waals surface area contributed by atoms with E-state index in [1.165, 1.54) is 13.3 Å². The lowest BCUT2D eigenvalue weighted by atomic mass is 9.75. The van der Waals surface area contributed by atoms with Gasteiger partial charge in [-0.3, -0.25) is 0 Å². The molecule has 7 nitrogen and oxygen atoms in total. The molecule has 2 aliphatic heterocycles. The van der Waals surface area contributed by atoms with E-state index in [1.54, 1.807) is 20.3 Å². The zero-order valence-corrected chi connectivity index (χ0v) is 15.6. The van der Waals surface area contributed by atoms with Crippen LogP contribution in [0.25, 0.3) is 11.1 Å². The quantitative estimate of drug-likeness (QED) is 0.832. The molecule has 3 heterocycles. The van der Waals surface area contributed by atoms with Crippen molar-refractivity contribution in [3.63, 3.8) is 0 Å². The lowest BCUT2D eigenvalue weighted by Gasteiger charge is -2.44. The van der Waals surface area contributed by atoms with E-state index in [4.69, 9.17) is 18.9 Å². The summed E-state index contributed by atoms with van der Waals surface area (Å²) in [6, 6.07) is 5.66.